The number of carbonyl (C=O) groups is 2. The first-order chi connectivity index (χ1) is 12.2. The van der Waals surface area contributed by atoms with E-state index in [1.54, 1.807) is 6.92 Å². The van der Waals surface area contributed by atoms with Crippen molar-refractivity contribution in [3.63, 3.8) is 0 Å². The summed E-state index contributed by atoms with van der Waals surface area (Å²) in [6.45, 7) is 3.72. The molecular formula is C20H26O6. The lowest BCUT2D eigenvalue weighted by Gasteiger charge is -2.65. The van der Waals surface area contributed by atoms with Crippen LogP contribution in [0.5, 0.6) is 0 Å². The zero-order chi connectivity index (χ0) is 18.5. The largest absolute Gasteiger partial charge is 0.457 e. The summed E-state index contributed by atoms with van der Waals surface area (Å²) in [5.41, 5.74) is -0.645. The number of ketones is 1. The van der Waals surface area contributed by atoms with E-state index < -0.39 is 23.2 Å². The Morgan fingerprint density at radius 1 is 1.31 bits per heavy atom. The second kappa shape index (κ2) is 4.78. The van der Waals surface area contributed by atoms with E-state index in [4.69, 9.17) is 9.47 Å². The monoisotopic (exact) mass is 362 g/mol. The summed E-state index contributed by atoms with van der Waals surface area (Å²) >= 11 is 0. The van der Waals surface area contributed by atoms with Crippen LogP contribution in [-0.2, 0) is 19.1 Å². The molecule has 3 aliphatic heterocycles. The van der Waals surface area contributed by atoms with E-state index in [0.717, 1.165) is 24.8 Å². The van der Waals surface area contributed by atoms with E-state index in [1.165, 1.54) is 0 Å². The van der Waals surface area contributed by atoms with Gasteiger partial charge in [-0.1, -0.05) is 12.5 Å². The summed E-state index contributed by atoms with van der Waals surface area (Å²) in [5.74, 6) is -1.78. The molecule has 2 bridgehead atoms. The first-order valence-electron chi connectivity index (χ1n) is 9.62. The summed E-state index contributed by atoms with van der Waals surface area (Å²) in [5, 5.41) is 20.4. The molecule has 3 aliphatic carbocycles. The Bertz CT molecular complexity index is 733. The van der Waals surface area contributed by atoms with Gasteiger partial charge < -0.3 is 19.7 Å². The summed E-state index contributed by atoms with van der Waals surface area (Å²) in [6, 6.07) is 0. The third-order valence-electron chi connectivity index (χ3n) is 8.47. The Labute approximate surface area is 152 Å². The normalized spacial score (nSPS) is 54.2. The standard InChI is InChI=1S/C20H26O6/c1-17(14(22)9-21)4-3-12-11(8-17)7-13-15-18(2,16(23)26-13)20(24)6-5-19(12,15)10-25-20/h7,12-13,15,21,24H,3-6,8-10H2,1-2H3/t12-,13-,15+,17-,18+,19+,20+/m1/s1. The van der Waals surface area contributed by atoms with Crippen LogP contribution < -0.4 is 0 Å². The average molecular weight is 362 g/mol. The molecule has 0 aromatic carbocycles. The lowest BCUT2D eigenvalue weighted by Crippen LogP contribution is -2.71. The fourth-order valence-corrected chi connectivity index (χ4v) is 6.93. The Balaban J connectivity index is 1.61. The molecule has 0 radical (unpaired) electrons. The van der Waals surface area contributed by atoms with Crippen LogP contribution in [0.25, 0.3) is 0 Å². The van der Waals surface area contributed by atoms with Crippen molar-refractivity contribution in [2.24, 2.45) is 28.1 Å². The minimum atomic E-state index is -1.44. The van der Waals surface area contributed by atoms with E-state index in [2.05, 4.69) is 0 Å². The zero-order valence-electron chi connectivity index (χ0n) is 15.3. The van der Waals surface area contributed by atoms with Crippen LogP contribution in [0.3, 0.4) is 0 Å². The molecule has 6 heteroatoms. The highest BCUT2D eigenvalue weighted by molar-refractivity contribution is 5.86. The third-order valence-corrected chi connectivity index (χ3v) is 8.47. The van der Waals surface area contributed by atoms with Gasteiger partial charge in [-0.15, -0.1) is 0 Å². The van der Waals surface area contributed by atoms with E-state index in [0.29, 0.717) is 19.4 Å². The van der Waals surface area contributed by atoms with Crippen LogP contribution in [0.4, 0.5) is 0 Å². The van der Waals surface area contributed by atoms with Crippen molar-refractivity contribution in [1.29, 1.82) is 0 Å². The van der Waals surface area contributed by atoms with Gasteiger partial charge in [-0.3, -0.25) is 9.59 Å². The second-order valence-corrected chi connectivity index (χ2v) is 9.51. The maximum atomic E-state index is 12.8. The maximum Gasteiger partial charge on any atom is 0.318 e. The molecule has 7 atom stereocenters. The molecule has 1 spiro atoms. The van der Waals surface area contributed by atoms with Crippen LogP contribution in [0.1, 0.15) is 46.0 Å². The summed E-state index contributed by atoms with van der Waals surface area (Å²) in [6.07, 6.45) is 5.09. The van der Waals surface area contributed by atoms with Gasteiger partial charge in [-0.2, -0.15) is 0 Å². The lowest BCUT2D eigenvalue weighted by molar-refractivity contribution is -0.367. The molecule has 2 saturated carbocycles. The third kappa shape index (κ3) is 1.65. The summed E-state index contributed by atoms with van der Waals surface area (Å²) in [7, 11) is 0. The van der Waals surface area contributed by atoms with E-state index in [9.17, 15) is 19.8 Å². The SMILES string of the molecule is C[C@@]1(C(=O)CO)CC[C@@H]2C(=C[C@H]3OC(=O)[C@]4(C)[C@H]3[C@]23CC[C@]4(O)OC3)C1. The number of fused-ring (bicyclic) bond motifs is 3. The van der Waals surface area contributed by atoms with Crippen molar-refractivity contribution in [1.82, 2.24) is 0 Å². The van der Waals surface area contributed by atoms with Gasteiger partial charge in [-0.05, 0) is 44.6 Å². The van der Waals surface area contributed by atoms with Crippen molar-refractivity contribution in [2.75, 3.05) is 13.2 Å². The van der Waals surface area contributed by atoms with Gasteiger partial charge in [0.15, 0.2) is 11.6 Å². The van der Waals surface area contributed by atoms with Crippen molar-refractivity contribution < 1.29 is 29.3 Å². The highest BCUT2D eigenvalue weighted by Gasteiger charge is 2.78. The Morgan fingerprint density at radius 3 is 2.73 bits per heavy atom. The van der Waals surface area contributed by atoms with Gasteiger partial charge in [0.25, 0.3) is 0 Å². The van der Waals surface area contributed by atoms with E-state index in [-0.39, 0.29) is 35.1 Å². The smallest absolute Gasteiger partial charge is 0.318 e. The molecule has 0 aromatic heterocycles. The van der Waals surface area contributed by atoms with Gasteiger partial charge in [0.1, 0.15) is 18.1 Å². The van der Waals surface area contributed by atoms with Crippen molar-refractivity contribution in [3.8, 4) is 0 Å². The molecule has 0 unspecified atom stereocenters. The molecule has 6 aliphatic rings. The molecule has 5 fully saturated rings. The van der Waals surface area contributed by atoms with Crippen LogP contribution in [0, 0.1) is 28.1 Å². The van der Waals surface area contributed by atoms with E-state index in [1.807, 2.05) is 13.0 Å². The number of hydrogen-bond acceptors (Lipinski definition) is 6. The number of allylic oxidation sites excluding steroid dienone is 1. The maximum absolute atomic E-state index is 12.8. The Kier molecular flexibility index (Phi) is 3.10. The minimum absolute atomic E-state index is 0.0818. The number of esters is 1. The van der Waals surface area contributed by atoms with E-state index >= 15 is 0 Å². The van der Waals surface area contributed by atoms with Crippen LogP contribution in [-0.4, -0.2) is 47.1 Å². The fourth-order valence-electron chi connectivity index (χ4n) is 6.93. The quantitative estimate of drug-likeness (QED) is 0.569. The number of hydrogen-bond donors (Lipinski definition) is 2. The fraction of sp³-hybridized carbons (Fsp3) is 0.800. The highest BCUT2D eigenvalue weighted by atomic mass is 16.6. The van der Waals surface area contributed by atoms with Crippen molar-refractivity contribution in [2.45, 2.75) is 57.8 Å². The number of carbonyl (C=O) groups excluding carboxylic acids is 2. The molecule has 2 N–H and O–H groups in total. The summed E-state index contributed by atoms with van der Waals surface area (Å²) in [4.78, 5) is 25.1. The first-order valence-corrected chi connectivity index (χ1v) is 9.62. The Morgan fingerprint density at radius 2 is 2.08 bits per heavy atom. The molecule has 6 rings (SSSR count). The molecule has 3 saturated heterocycles. The number of aliphatic hydroxyl groups is 2. The van der Waals surface area contributed by atoms with Gasteiger partial charge >= 0.3 is 5.97 Å². The molecule has 26 heavy (non-hydrogen) atoms. The number of rotatable bonds is 2. The van der Waals surface area contributed by atoms with Crippen LogP contribution >= 0.6 is 0 Å². The number of aliphatic hydroxyl groups excluding tert-OH is 1. The molecule has 0 aromatic rings. The topological polar surface area (TPSA) is 93.1 Å². The molecule has 3 heterocycles. The zero-order valence-corrected chi connectivity index (χ0v) is 15.3. The van der Waals surface area contributed by atoms with Crippen LogP contribution in [0.2, 0.25) is 0 Å². The molecular weight excluding hydrogens is 336 g/mol. The molecule has 0 amide bonds. The predicted octanol–water partition coefficient (Wildman–Crippen LogP) is 1.34. The predicted molar refractivity (Wildman–Crippen MR) is 89.7 cm³/mol. The second-order valence-electron chi connectivity index (χ2n) is 9.51. The van der Waals surface area contributed by atoms with Gasteiger partial charge in [0.2, 0.25) is 0 Å². The van der Waals surface area contributed by atoms with Crippen molar-refractivity contribution in [3.05, 3.63) is 11.6 Å². The molecule has 142 valence electrons. The van der Waals surface area contributed by atoms with Gasteiger partial charge in [0.05, 0.1) is 6.61 Å². The number of Topliss-reactive ketones (excluding diaryl/α,β-unsaturated/α-hetero) is 1. The Hall–Kier alpha value is -1.24. The van der Waals surface area contributed by atoms with Gasteiger partial charge in [-0.25, -0.2) is 0 Å². The highest BCUT2D eigenvalue weighted by Crippen LogP contribution is 2.71. The average Bonchev–Trinajstić information content (AvgIpc) is 2.89. The lowest BCUT2D eigenvalue weighted by atomic mass is 9.42. The minimum Gasteiger partial charge on any atom is -0.457 e. The molecule has 6 nitrogen and oxygen atoms in total. The number of ether oxygens (including phenoxy) is 2. The summed E-state index contributed by atoms with van der Waals surface area (Å²) < 4.78 is 11.7. The van der Waals surface area contributed by atoms with Gasteiger partial charge in [0, 0.05) is 23.2 Å². The van der Waals surface area contributed by atoms with Crippen molar-refractivity contribution >= 4 is 11.8 Å². The van der Waals surface area contributed by atoms with Crippen LogP contribution in [0.15, 0.2) is 11.6 Å². The first kappa shape index (κ1) is 16.9.